The van der Waals surface area contributed by atoms with E-state index in [9.17, 15) is 4.79 Å². The predicted molar refractivity (Wildman–Crippen MR) is 60.1 cm³/mol. The summed E-state index contributed by atoms with van der Waals surface area (Å²) in [6.07, 6.45) is 7.66. The van der Waals surface area contributed by atoms with Crippen molar-refractivity contribution in [1.29, 1.82) is 0 Å². The van der Waals surface area contributed by atoms with Crippen molar-refractivity contribution in [3.05, 3.63) is 12.2 Å². The van der Waals surface area contributed by atoms with Gasteiger partial charge in [-0.1, -0.05) is 39.8 Å². The Kier molecular flexibility index (Phi) is 3.52. The van der Waals surface area contributed by atoms with Crippen molar-refractivity contribution in [3.8, 4) is 0 Å². The predicted octanol–water partition coefficient (Wildman–Crippen LogP) is 3.59. The molecule has 0 heterocycles. The Morgan fingerprint density at radius 1 is 1.43 bits per heavy atom. The first kappa shape index (κ1) is 11.5. The molecule has 14 heavy (non-hydrogen) atoms. The van der Waals surface area contributed by atoms with Crippen molar-refractivity contribution in [1.82, 2.24) is 0 Å². The molecule has 2 unspecified atom stereocenters. The van der Waals surface area contributed by atoms with Gasteiger partial charge in [-0.05, 0) is 25.2 Å². The molecular formula is C13H22O. The number of hydrogen-bond acceptors (Lipinski definition) is 1. The average molecular weight is 194 g/mol. The average Bonchev–Trinajstić information content (AvgIpc) is 2.31. The maximum absolute atomic E-state index is 11.8. The molecule has 1 heteroatoms. The first-order valence-electron chi connectivity index (χ1n) is 5.69. The Morgan fingerprint density at radius 3 is 2.50 bits per heavy atom. The Balaban J connectivity index is 2.63. The lowest BCUT2D eigenvalue weighted by atomic mass is 9.79. The summed E-state index contributed by atoms with van der Waals surface area (Å²) in [5.41, 5.74) is -0.0997. The van der Waals surface area contributed by atoms with Crippen LogP contribution in [-0.2, 0) is 4.79 Å². The number of allylic oxidation sites excluding steroid dienone is 2. The lowest BCUT2D eigenvalue weighted by Gasteiger charge is -2.24. The third-order valence-corrected chi connectivity index (χ3v) is 3.56. The minimum absolute atomic E-state index is 0.0997. The zero-order chi connectivity index (χ0) is 10.8. The molecular weight excluding hydrogens is 172 g/mol. The second-order valence-corrected chi connectivity index (χ2v) is 5.03. The molecule has 0 radical (unpaired) electrons. The lowest BCUT2D eigenvalue weighted by Crippen LogP contribution is -2.26. The summed E-state index contributed by atoms with van der Waals surface area (Å²) in [6.45, 7) is 8.41. The van der Waals surface area contributed by atoms with Gasteiger partial charge in [0.1, 0.15) is 5.78 Å². The normalized spacial score (nSPS) is 31.6. The third-order valence-electron chi connectivity index (χ3n) is 3.56. The number of carbonyl (C=O) groups excluding carboxylic acids is 1. The monoisotopic (exact) mass is 194 g/mol. The van der Waals surface area contributed by atoms with Gasteiger partial charge in [-0.2, -0.15) is 0 Å². The molecule has 0 amide bonds. The lowest BCUT2D eigenvalue weighted by molar-refractivity contribution is -0.127. The molecule has 0 aromatic carbocycles. The molecule has 0 spiro atoms. The van der Waals surface area contributed by atoms with Crippen molar-refractivity contribution < 1.29 is 4.79 Å². The van der Waals surface area contributed by atoms with E-state index in [1.807, 2.05) is 0 Å². The van der Waals surface area contributed by atoms with Gasteiger partial charge < -0.3 is 0 Å². The summed E-state index contributed by atoms with van der Waals surface area (Å²) >= 11 is 0. The highest BCUT2D eigenvalue weighted by molar-refractivity contribution is 5.88. The maximum atomic E-state index is 11.8. The van der Waals surface area contributed by atoms with Crippen LogP contribution in [0.4, 0.5) is 0 Å². The highest BCUT2D eigenvalue weighted by Gasteiger charge is 2.45. The fraction of sp³-hybridized carbons (Fsp3) is 0.769. The largest absolute Gasteiger partial charge is 0.299 e. The fourth-order valence-corrected chi connectivity index (χ4v) is 2.48. The van der Waals surface area contributed by atoms with Crippen LogP contribution in [0.5, 0.6) is 0 Å². The van der Waals surface area contributed by atoms with E-state index in [2.05, 4.69) is 39.8 Å². The van der Waals surface area contributed by atoms with E-state index in [0.717, 1.165) is 19.3 Å². The van der Waals surface area contributed by atoms with E-state index >= 15 is 0 Å². The second-order valence-electron chi connectivity index (χ2n) is 5.03. The first-order chi connectivity index (χ1) is 6.50. The summed E-state index contributed by atoms with van der Waals surface area (Å²) in [5.74, 6) is 1.27. The number of Topliss-reactive ketones (excluding diaryl/α,β-unsaturated/α-hetero) is 1. The molecule has 1 nitrogen and oxygen atoms in total. The van der Waals surface area contributed by atoms with Gasteiger partial charge in [-0.3, -0.25) is 4.79 Å². The van der Waals surface area contributed by atoms with Gasteiger partial charge in [0.15, 0.2) is 0 Å². The van der Waals surface area contributed by atoms with E-state index < -0.39 is 0 Å². The van der Waals surface area contributed by atoms with Crippen LogP contribution in [0, 0.1) is 17.3 Å². The summed E-state index contributed by atoms with van der Waals surface area (Å²) in [4.78, 5) is 11.8. The minimum Gasteiger partial charge on any atom is -0.299 e. The van der Waals surface area contributed by atoms with Gasteiger partial charge >= 0.3 is 0 Å². The number of hydrogen-bond donors (Lipinski definition) is 0. The summed E-state index contributed by atoms with van der Waals surface area (Å²) < 4.78 is 0. The highest BCUT2D eigenvalue weighted by Crippen LogP contribution is 2.44. The minimum atomic E-state index is -0.0997. The van der Waals surface area contributed by atoms with Gasteiger partial charge in [0, 0.05) is 11.3 Å². The van der Waals surface area contributed by atoms with Gasteiger partial charge in [0.05, 0.1) is 0 Å². The van der Waals surface area contributed by atoms with E-state index in [4.69, 9.17) is 0 Å². The van der Waals surface area contributed by atoms with Crippen LogP contribution < -0.4 is 0 Å². The molecule has 0 saturated heterocycles. The first-order valence-corrected chi connectivity index (χ1v) is 5.69. The Hall–Kier alpha value is -0.590. The van der Waals surface area contributed by atoms with E-state index in [1.165, 1.54) is 0 Å². The number of ketones is 1. The van der Waals surface area contributed by atoms with Crippen LogP contribution in [0.3, 0.4) is 0 Å². The zero-order valence-electron chi connectivity index (χ0n) is 9.84. The van der Waals surface area contributed by atoms with Gasteiger partial charge in [0.2, 0.25) is 0 Å². The van der Waals surface area contributed by atoms with E-state index in [-0.39, 0.29) is 11.3 Å². The van der Waals surface area contributed by atoms with Crippen LogP contribution in [-0.4, -0.2) is 5.78 Å². The molecule has 0 aromatic rings. The molecule has 1 saturated carbocycles. The van der Waals surface area contributed by atoms with Crippen molar-refractivity contribution >= 4 is 5.78 Å². The Bertz CT molecular complexity index is 238. The Morgan fingerprint density at radius 2 is 2.07 bits per heavy atom. The Labute approximate surface area is 87.6 Å². The van der Waals surface area contributed by atoms with Crippen LogP contribution in [0.25, 0.3) is 0 Å². The summed E-state index contributed by atoms with van der Waals surface area (Å²) in [5, 5.41) is 0. The molecule has 0 N–H and O–H groups in total. The van der Waals surface area contributed by atoms with Crippen molar-refractivity contribution in [2.75, 3.05) is 0 Å². The molecule has 0 bridgehead atoms. The SMILES string of the molecule is CC/C=C\CC1CC(C)C(=O)C1(C)C. The number of rotatable bonds is 3. The van der Waals surface area contributed by atoms with Crippen molar-refractivity contribution in [2.24, 2.45) is 17.3 Å². The van der Waals surface area contributed by atoms with Crippen molar-refractivity contribution in [3.63, 3.8) is 0 Å². The van der Waals surface area contributed by atoms with Crippen LogP contribution >= 0.6 is 0 Å². The number of carbonyl (C=O) groups is 1. The standard InChI is InChI=1S/C13H22O/c1-5-6-7-8-11-9-10(2)12(14)13(11,3)4/h6-7,10-11H,5,8-9H2,1-4H3/b7-6-. The maximum Gasteiger partial charge on any atom is 0.141 e. The summed E-state index contributed by atoms with van der Waals surface area (Å²) in [6, 6.07) is 0. The molecule has 80 valence electrons. The fourth-order valence-electron chi connectivity index (χ4n) is 2.48. The van der Waals surface area contributed by atoms with Crippen LogP contribution in [0.15, 0.2) is 12.2 Å². The smallest absolute Gasteiger partial charge is 0.141 e. The highest BCUT2D eigenvalue weighted by atomic mass is 16.1. The van der Waals surface area contributed by atoms with Crippen LogP contribution in [0.2, 0.25) is 0 Å². The van der Waals surface area contributed by atoms with E-state index in [1.54, 1.807) is 0 Å². The summed E-state index contributed by atoms with van der Waals surface area (Å²) in [7, 11) is 0. The topological polar surface area (TPSA) is 17.1 Å². The molecule has 1 rings (SSSR count). The van der Waals surface area contributed by atoms with Gasteiger partial charge in [0.25, 0.3) is 0 Å². The second kappa shape index (κ2) is 4.29. The molecule has 1 fully saturated rings. The van der Waals surface area contributed by atoms with Gasteiger partial charge in [-0.15, -0.1) is 0 Å². The molecule has 0 aliphatic heterocycles. The molecule has 1 aliphatic carbocycles. The molecule has 1 aliphatic rings. The van der Waals surface area contributed by atoms with Crippen molar-refractivity contribution in [2.45, 2.75) is 47.0 Å². The quantitative estimate of drug-likeness (QED) is 0.627. The van der Waals surface area contributed by atoms with Gasteiger partial charge in [-0.25, -0.2) is 0 Å². The molecule has 0 aromatic heterocycles. The third kappa shape index (κ3) is 2.08. The zero-order valence-corrected chi connectivity index (χ0v) is 9.84. The van der Waals surface area contributed by atoms with E-state index in [0.29, 0.717) is 11.7 Å². The molecule has 2 atom stereocenters. The van der Waals surface area contributed by atoms with Crippen LogP contribution in [0.1, 0.15) is 47.0 Å².